The molecule has 4 N–H and O–H groups in total. The lowest BCUT2D eigenvalue weighted by Gasteiger charge is -2.35. The fourth-order valence-corrected chi connectivity index (χ4v) is 4.92. The maximum absolute atomic E-state index is 14.2. The van der Waals surface area contributed by atoms with Crippen molar-refractivity contribution >= 4 is 11.6 Å². The third-order valence-electron chi connectivity index (χ3n) is 6.78. The molecule has 1 heterocycles. The molecule has 0 radical (unpaired) electrons. The number of nitrogens with one attached hydrogen (secondary N) is 1. The smallest absolute Gasteiger partial charge is 0.235 e. The van der Waals surface area contributed by atoms with Crippen LogP contribution in [0.2, 0.25) is 0 Å². The number of aliphatic hydroxyl groups is 1. The number of nitrogen functional groups attached to an aromatic ring is 1. The van der Waals surface area contributed by atoms with Crippen LogP contribution in [0.1, 0.15) is 42.5 Å². The normalized spacial score (nSPS) is 17.6. The van der Waals surface area contributed by atoms with E-state index < -0.39 is 5.41 Å². The highest BCUT2D eigenvalue weighted by Crippen LogP contribution is 2.37. The van der Waals surface area contributed by atoms with Gasteiger partial charge in [-0.3, -0.25) is 9.69 Å². The summed E-state index contributed by atoms with van der Waals surface area (Å²) in [6, 6.07) is 27.5. The number of benzene rings is 3. The van der Waals surface area contributed by atoms with E-state index in [4.69, 9.17) is 5.73 Å². The Hall–Kier alpha value is -3.15. The zero-order valence-corrected chi connectivity index (χ0v) is 19.2. The molecule has 3 aromatic rings. The summed E-state index contributed by atoms with van der Waals surface area (Å²) in [5, 5.41) is 13.4. The summed E-state index contributed by atoms with van der Waals surface area (Å²) in [6.45, 7) is 4.14. The minimum absolute atomic E-state index is 0.0241. The van der Waals surface area contributed by atoms with Crippen molar-refractivity contribution in [2.75, 3.05) is 25.4 Å². The van der Waals surface area contributed by atoms with Gasteiger partial charge in [-0.05, 0) is 41.7 Å². The van der Waals surface area contributed by atoms with E-state index >= 15 is 0 Å². The van der Waals surface area contributed by atoms with Crippen molar-refractivity contribution in [1.29, 1.82) is 0 Å². The first-order valence-corrected chi connectivity index (χ1v) is 11.7. The predicted octanol–water partition coefficient (Wildman–Crippen LogP) is 3.89. The number of anilines is 1. The first-order chi connectivity index (χ1) is 16.0. The van der Waals surface area contributed by atoms with Gasteiger partial charge in [0.25, 0.3) is 0 Å². The number of likely N-dealkylation sites (tertiary alicyclic amines) is 1. The van der Waals surface area contributed by atoms with Crippen molar-refractivity contribution in [2.45, 2.75) is 37.3 Å². The van der Waals surface area contributed by atoms with Crippen molar-refractivity contribution in [2.24, 2.45) is 0 Å². The molecule has 4 rings (SSSR count). The molecule has 1 aliphatic rings. The number of hydrogen-bond acceptors (Lipinski definition) is 4. The van der Waals surface area contributed by atoms with Crippen LogP contribution in [0.25, 0.3) is 0 Å². The number of hydrogen-bond donors (Lipinski definition) is 3. The fourth-order valence-electron chi connectivity index (χ4n) is 4.92. The molecule has 0 aliphatic carbocycles. The maximum atomic E-state index is 14.2. The van der Waals surface area contributed by atoms with Gasteiger partial charge in [-0.2, -0.15) is 0 Å². The Morgan fingerprint density at radius 1 is 1.03 bits per heavy atom. The molecular weight excluding hydrogens is 410 g/mol. The van der Waals surface area contributed by atoms with Crippen LogP contribution in [0.15, 0.2) is 84.9 Å². The Balaban J connectivity index is 1.71. The molecule has 1 fully saturated rings. The Labute approximate surface area is 196 Å². The number of carbonyl (C=O) groups is 1. The minimum Gasteiger partial charge on any atom is -0.399 e. The molecule has 0 bridgehead atoms. The lowest BCUT2D eigenvalue weighted by molar-refractivity contribution is -0.126. The molecule has 1 amide bonds. The second-order valence-electron chi connectivity index (χ2n) is 8.89. The number of nitrogens with zero attached hydrogens (tertiary/aromatic N) is 1. The Kier molecular flexibility index (Phi) is 7.11. The molecule has 0 saturated carbocycles. The lowest BCUT2D eigenvalue weighted by atomic mass is 9.71. The number of nitrogens with two attached hydrogens (primary N) is 1. The molecule has 5 heteroatoms. The van der Waals surface area contributed by atoms with Crippen molar-refractivity contribution in [3.63, 3.8) is 0 Å². The van der Waals surface area contributed by atoms with Crippen LogP contribution in [-0.2, 0) is 10.2 Å². The Bertz CT molecular complexity index is 998. The van der Waals surface area contributed by atoms with Crippen LogP contribution < -0.4 is 11.1 Å². The topological polar surface area (TPSA) is 78.6 Å². The zero-order chi connectivity index (χ0) is 23.3. The van der Waals surface area contributed by atoms with Crippen molar-refractivity contribution in [1.82, 2.24) is 10.2 Å². The van der Waals surface area contributed by atoms with Crippen molar-refractivity contribution in [3.05, 3.63) is 102 Å². The number of rotatable bonds is 8. The van der Waals surface area contributed by atoms with E-state index in [-0.39, 0.29) is 18.1 Å². The van der Waals surface area contributed by atoms with Crippen LogP contribution in [0, 0.1) is 0 Å². The lowest BCUT2D eigenvalue weighted by Crippen LogP contribution is -2.48. The van der Waals surface area contributed by atoms with Gasteiger partial charge in [0.15, 0.2) is 0 Å². The quantitative estimate of drug-likeness (QED) is 0.462. The van der Waals surface area contributed by atoms with Crippen LogP contribution in [-0.4, -0.2) is 41.7 Å². The van der Waals surface area contributed by atoms with E-state index in [1.54, 1.807) is 0 Å². The first kappa shape index (κ1) is 23.0. The number of aliphatic hydroxyl groups excluding tert-OH is 1. The van der Waals surface area contributed by atoms with Crippen LogP contribution in [0.5, 0.6) is 0 Å². The summed E-state index contributed by atoms with van der Waals surface area (Å²) in [5.74, 6) is -0.0241. The van der Waals surface area contributed by atoms with Gasteiger partial charge in [-0.1, -0.05) is 79.7 Å². The molecule has 0 aromatic heterocycles. The SMILES string of the molecule is CCC(C(=O)N[C@H](CN1CCC(O)C1)c1ccc(N)cc1)(c1ccccc1)c1ccccc1. The van der Waals surface area contributed by atoms with Gasteiger partial charge in [-0.25, -0.2) is 0 Å². The standard InChI is InChI=1S/C28H33N3O2/c1-2-28(22-9-5-3-6-10-22,23-11-7-4-8-12-23)27(33)30-26(20-31-18-17-25(32)19-31)21-13-15-24(29)16-14-21/h3-16,25-26,32H,2,17-20,29H2,1H3,(H,30,33)/t25?,26-/m1/s1. The second-order valence-corrected chi connectivity index (χ2v) is 8.89. The molecular formula is C28H33N3O2. The summed E-state index contributed by atoms with van der Waals surface area (Å²) in [6.07, 6.45) is 1.08. The van der Waals surface area contributed by atoms with Gasteiger partial charge in [0.05, 0.1) is 17.6 Å². The van der Waals surface area contributed by atoms with Gasteiger partial charge in [0, 0.05) is 25.3 Å². The molecule has 1 unspecified atom stereocenters. The second kappa shape index (κ2) is 10.2. The van der Waals surface area contributed by atoms with E-state index in [9.17, 15) is 9.90 Å². The highest BCUT2D eigenvalue weighted by Gasteiger charge is 2.41. The maximum Gasteiger partial charge on any atom is 0.235 e. The molecule has 3 aromatic carbocycles. The number of carbonyl (C=O) groups excluding carboxylic acids is 1. The van der Waals surface area contributed by atoms with E-state index in [1.165, 1.54) is 0 Å². The third kappa shape index (κ3) is 4.95. The molecule has 1 saturated heterocycles. The van der Waals surface area contributed by atoms with Crippen LogP contribution >= 0.6 is 0 Å². The summed E-state index contributed by atoms with van der Waals surface area (Å²) in [4.78, 5) is 16.4. The summed E-state index contributed by atoms with van der Waals surface area (Å²) in [5.41, 5.74) is 8.76. The monoisotopic (exact) mass is 443 g/mol. The minimum atomic E-state index is -0.806. The highest BCUT2D eigenvalue weighted by atomic mass is 16.3. The Morgan fingerprint density at radius 2 is 1.61 bits per heavy atom. The van der Waals surface area contributed by atoms with Crippen molar-refractivity contribution < 1.29 is 9.90 Å². The van der Waals surface area contributed by atoms with Crippen LogP contribution in [0.4, 0.5) is 5.69 Å². The van der Waals surface area contributed by atoms with Crippen LogP contribution in [0.3, 0.4) is 0 Å². The largest absolute Gasteiger partial charge is 0.399 e. The van der Waals surface area contributed by atoms with E-state index in [1.807, 2.05) is 84.9 Å². The van der Waals surface area contributed by atoms with Gasteiger partial charge in [0.2, 0.25) is 5.91 Å². The fraction of sp³-hybridized carbons (Fsp3) is 0.321. The van der Waals surface area contributed by atoms with E-state index in [0.717, 1.165) is 29.7 Å². The number of β-amino-alcohol motifs (C(OH)–C–C–N with tert-alkyl or cyclic N) is 1. The predicted molar refractivity (Wildman–Crippen MR) is 133 cm³/mol. The average Bonchev–Trinajstić information content (AvgIpc) is 3.26. The number of amides is 1. The average molecular weight is 444 g/mol. The third-order valence-corrected chi connectivity index (χ3v) is 6.78. The molecule has 2 atom stereocenters. The highest BCUT2D eigenvalue weighted by molar-refractivity contribution is 5.92. The van der Waals surface area contributed by atoms with Gasteiger partial charge in [-0.15, -0.1) is 0 Å². The summed E-state index contributed by atoms with van der Waals surface area (Å²) in [7, 11) is 0. The Morgan fingerprint density at radius 3 is 2.09 bits per heavy atom. The summed E-state index contributed by atoms with van der Waals surface area (Å²) < 4.78 is 0. The molecule has 33 heavy (non-hydrogen) atoms. The van der Waals surface area contributed by atoms with Crippen molar-refractivity contribution in [3.8, 4) is 0 Å². The molecule has 0 spiro atoms. The van der Waals surface area contributed by atoms with Gasteiger partial charge < -0.3 is 16.2 Å². The van der Waals surface area contributed by atoms with Gasteiger partial charge in [0.1, 0.15) is 0 Å². The zero-order valence-electron chi connectivity index (χ0n) is 19.2. The summed E-state index contributed by atoms with van der Waals surface area (Å²) >= 11 is 0. The van der Waals surface area contributed by atoms with E-state index in [2.05, 4.69) is 17.1 Å². The molecule has 1 aliphatic heterocycles. The molecule has 5 nitrogen and oxygen atoms in total. The molecule has 172 valence electrons. The first-order valence-electron chi connectivity index (χ1n) is 11.7. The van der Waals surface area contributed by atoms with Gasteiger partial charge >= 0.3 is 0 Å². The van der Waals surface area contributed by atoms with E-state index in [0.29, 0.717) is 25.2 Å².